The van der Waals surface area contributed by atoms with Gasteiger partial charge in [-0.15, -0.1) is 0 Å². The van der Waals surface area contributed by atoms with Crippen molar-refractivity contribution in [1.29, 1.82) is 0 Å². The highest BCUT2D eigenvalue weighted by atomic mass is 15.2. The quantitative estimate of drug-likeness (QED) is 0.889. The van der Waals surface area contributed by atoms with Gasteiger partial charge in [0, 0.05) is 31.9 Å². The topological polar surface area (TPSA) is 28.2 Å². The molecule has 1 N–H and O–H groups in total. The van der Waals surface area contributed by atoms with E-state index in [0.29, 0.717) is 6.04 Å². The Bertz CT molecular complexity index is 380. The van der Waals surface area contributed by atoms with Gasteiger partial charge in [-0.2, -0.15) is 0 Å². The minimum Gasteiger partial charge on any atom is -0.367 e. The van der Waals surface area contributed by atoms with Gasteiger partial charge in [0.25, 0.3) is 0 Å². The summed E-state index contributed by atoms with van der Waals surface area (Å²) in [5.74, 6) is 0.749. The molecular weight excluding hydrogens is 222 g/mol. The first-order valence-electron chi connectivity index (χ1n) is 6.98. The molecule has 0 spiro atoms. The van der Waals surface area contributed by atoms with Gasteiger partial charge in [0.15, 0.2) is 0 Å². The molecule has 1 saturated heterocycles. The number of aryl methyl sites for hydroxylation is 2. The summed E-state index contributed by atoms with van der Waals surface area (Å²) in [5.41, 5.74) is 3.83. The average molecular weight is 247 g/mol. The van der Waals surface area contributed by atoms with Crippen LogP contribution in [0.1, 0.15) is 31.5 Å². The number of piperazine rings is 1. The standard InChI is InChI=1S/C15H25N3/c1-11(2)9-14-10-18(8-7-17-14)15-12(3)5-6-16-13(15)4/h5-6,11,14,17H,7-10H2,1-4H3. The van der Waals surface area contributed by atoms with Gasteiger partial charge in [-0.25, -0.2) is 0 Å². The number of nitrogens with one attached hydrogen (secondary N) is 1. The molecule has 18 heavy (non-hydrogen) atoms. The summed E-state index contributed by atoms with van der Waals surface area (Å²) < 4.78 is 0. The molecule has 0 bridgehead atoms. The normalized spacial score (nSPS) is 20.5. The van der Waals surface area contributed by atoms with E-state index in [1.807, 2.05) is 6.20 Å². The highest BCUT2D eigenvalue weighted by Crippen LogP contribution is 2.24. The molecule has 100 valence electrons. The maximum atomic E-state index is 4.44. The lowest BCUT2D eigenvalue weighted by Gasteiger charge is -2.37. The van der Waals surface area contributed by atoms with E-state index in [9.17, 15) is 0 Å². The Hall–Kier alpha value is -1.09. The molecule has 1 unspecified atom stereocenters. The first kappa shape index (κ1) is 13.3. The number of nitrogens with zero attached hydrogens (tertiary/aromatic N) is 2. The molecule has 2 heterocycles. The highest BCUT2D eigenvalue weighted by molar-refractivity contribution is 5.56. The van der Waals surface area contributed by atoms with E-state index in [1.165, 1.54) is 17.7 Å². The zero-order valence-electron chi connectivity index (χ0n) is 12.0. The highest BCUT2D eigenvalue weighted by Gasteiger charge is 2.22. The summed E-state index contributed by atoms with van der Waals surface area (Å²) in [6.07, 6.45) is 3.15. The van der Waals surface area contributed by atoms with Crippen molar-refractivity contribution in [3.05, 3.63) is 23.5 Å². The Morgan fingerprint density at radius 3 is 2.89 bits per heavy atom. The van der Waals surface area contributed by atoms with Crippen molar-refractivity contribution >= 4 is 5.69 Å². The van der Waals surface area contributed by atoms with Gasteiger partial charge in [-0.05, 0) is 37.8 Å². The van der Waals surface area contributed by atoms with Gasteiger partial charge < -0.3 is 10.2 Å². The Morgan fingerprint density at radius 2 is 2.22 bits per heavy atom. The number of aromatic nitrogens is 1. The van der Waals surface area contributed by atoms with E-state index in [0.717, 1.165) is 31.2 Å². The zero-order valence-corrected chi connectivity index (χ0v) is 12.0. The van der Waals surface area contributed by atoms with Crippen molar-refractivity contribution in [3.8, 4) is 0 Å². The number of hydrogen-bond donors (Lipinski definition) is 1. The summed E-state index contributed by atoms with van der Waals surface area (Å²) in [5, 5.41) is 3.63. The molecule has 2 rings (SSSR count). The van der Waals surface area contributed by atoms with Crippen LogP contribution in [0.25, 0.3) is 0 Å². The smallest absolute Gasteiger partial charge is 0.0613 e. The van der Waals surface area contributed by atoms with E-state index in [1.54, 1.807) is 0 Å². The van der Waals surface area contributed by atoms with Crippen molar-refractivity contribution in [2.75, 3.05) is 24.5 Å². The monoisotopic (exact) mass is 247 g/mol. The van der Waals surface area contributed by atoms with Crippen LogP contribution >= 0.6 is 0 Å². The van der Waals surface area contributed by atoms with Crippen LogP contribution < -0.4 is 10.2 Å². The van der Waals surface area contributed by atoms with Gasteiger partial charge in [0.05, 0.1) is 11.4 Å². The minimum atomic E-state index is 0.609. The van der Waals surface area contributed by atoms with E-state index >= 15 is 0 Å². The fourth-order valence-electron chi connectivity index (χ4n) is 2.92. The van der Waals surface area contributed by atoms with Crippen LogP contribution in [-0.2, 0) is 0 Å². The van der Waals surface area contributed by atoms with Crippen LogP contribution in [-0.4, -0.2) is 30.7 Å². The lowest BCUT2D eigenvalue weighted by atomic mass is 10.0. The van der Waals surface area contributed by atoms with E-state index in [2.05, 4.69) is 49.0 Å². The van der Waals surface area contributed by atoms with Crippen molar-refractivity contribution in [1.82, 2.24) is 10.3 Å². The Balaban J connectivity index is 2.13. The second kappa shape index (κ2) is 5.70. The number of rotatable bonds is 3. The van der Waals surface area contributed by atoms with Crippen LogP contribution in [0.4, 0.5) is 5.69 Å². The van der Waals surface area contributed by atoms with Gasteiger partial charge in [-0.1, -0.05) is 13.8 Å². The summed E-state index contributed by atoms with van der Waals surface area (Å²) in [7, 11) is 0. The minimum absolute atomic E-state index is 0.609. The molecule has 1 aromatic heterocycles. The van der Waals surface area contributed by atoms with E-state index in [4.69, 9.17) is 0 Å². The number of pyridine rings is 1. The molecule has 0 aromatic carbocycles. The van der Waals surface area contributed by atoms with E-state index < -0.39 is 0 Å². The van der Waals surface area contributed by atoms with Gasteiger partial charge >= 0.3 is 0 Å². The molecule has 1 atom stereocenters. The maximum absolute atomic E-state index is 4.44. The molecule has 0 aliphatic carbocycles. The third-order valence-corrected chi connectivity index (χ3v) is 3.64. The van der Waals surface area contributed by atoms with Gasteiger partial charge in [0.2, 0.25) is 0 Å². The summed E-state index contributed by atoms with van der Waals surface area (Å²) in [4.78, 5) is 6.94. The van der Waals surface area contributed by atoms with Crippen molar-refractivity contribution in [2.45, 2.75) is 40.2 Å². The zero-order chi connectivity index (χ0) is 13.1. The molecule has 0 amide bonds. The van der Waals surface area contributed by atoms with Crippen molar-refractivity contribution in [2.24, 2.45) is 5.92 Å². The van der Waals surface area contributed by atoms with Crippen LogP contribution in [0.2, 0.25) is 0 Å². The van der Waals surface area contributed by atoms with Crippen LogP contribution in [0.5, 0.6) is 0 Å². The third kappa shape index (κ3) is 3.02. The molecule has 0 saturated carbocycles. The van der Waals surface area contributed by atoms with E-state index in [-0.39, 0.29) is 0 Å². The Kier molecular flexibility index (Phi) is 4.23. The molecule has 1 fully saturated rings. The number of hydrogen-bond acceptors (Lipinski definition) is 3. The number of anilines is 1. The van der Waals surface area contributed by atoms with Crippen LogP contribution in [0.3, 0.4) is 0 Å². The lowest BCUT2D eigenvalue weighted by Crippen LogP contribution is -2.51. The summed E-state index contributed by atoms with van der Waals surface area (Å²) >= 11 is 0. The summed E-state index contributed by atoms with van der Waals surface area (Å²) in [6, 6.07) is 2.72. The summed E-state index contributed by atoms with van der Waals surface area (Å²) in [6.45, 7) is 12.1. The average Bonchev–Trinajstić information content (AvgIpc) is 2.28. The van der Waals surface area contributed by atoms with Crippen LogP contribution in [0, 0.1) is 19.8 Å². The maximum Gasteiger partial charge on any atom is 0.0613 e. The molecule has 3 nitrogen and oxygen atoms in total. The van der Waals surface area contributed by atoms with Crippen molar-refractivity contribution in [3.63, 3.8) is 0 Å². The SMILES string of the molecule is Cc1ccnc(C)c1N1CCNC(CC(C)C)C1. The second-order valence-electron chi connectivity index (χ2n) is 5.79. The molecule has 3 heteroatoms. The van der Waals surface area contributed by atoms with Gasteiger partial charge in [0.1, 0.15) is 0 Å². The molecule has 0 radical (unpaired) electrons. The molecule has 1 aliphatic rings. The first-order valence-corrected chi connectivity index (χ1v) is 6.98. The van der Waals surface area contributed by atoms with Crippen molar-refractivity contribution < 1.29 is 0 Å². The lowest BCUT2D eigenvalue weighted by molar-refractivity contribution is 0.387. The Labute approximate surface area is 111 Å². The first-order chi connectivity index (χ1) is 8.58. The fourth-order valence-corrected chi connectivity index (χ4v) is 2.92. The van der Waals surface area contributed by atoms with Crippen LogP contribution in [0.15, 0.2) is 12.3 Å². The Morgan fingerprint density at radius 1 is 1.44 bits per heavy atom. The predicted octanol–water partition coefficient (Wildman–Crippen LogP) is 2.52. The predicted molar refractivity (Wildman–Crippen MR) is 77.2 cm³/mol. The largest absolute Gasteiger partial charge is 0.367 e. The third-order valence-electron chi connectivity index (χ3n) is 3.64. The second-order valence-corrected chi connectivity index (χ2v) is 5.79. The molecule has 1 aromatic rings. The van der Waals surface area contributed by atoms with Gasteiger partial charge in [-0.3, -0.25) is 4.98 Å². The fraction of sp³-hybridized carbons (Fsp3) is 0.667. The molecular formula is C15H25N3. The molecule has 1 aliphatic heterocycles.